The Hall–Kier alpha value is -2.96. The topological polar surface area (TPSA) is 58.6 Å². The van der Waals surface area contributed by atoms with Crippen LogP contribution in [0.4, 0.5) is 0 Å². The van der Waals surface area contributed by atoms with Crippen molar-refractivity contribution in [1.29, 1.82) is 0 Å². The Balaban J connectivity index is 1.81. The fraction of sp³-hybridized carbons (Fsp3) is 0.259. The number of carbonyl (C=O) groups excluding carboxylic acids is 2. The molecule has 1 N–H and O–H groups in total. The van der Waals surface area contributed by atoms with Crippen LogP contribution in [0, 0.1) is 0 Å². The van der Waals surface area contributed by atoms with Crippen molar-refractivity contribution in [3.63, 3.8) is 0 Å². The van der Waals surface area contributed by atoms with Crippen LogP contribution >= 0.6 is 23.4 Å². The molecule has 0 bridgehead atoms. The zero-order valence-electron chi connectivity index (χ0n) is 19.4. The average Bonchev–Trinajstić information content (AvgIpc) is 2.87. The molecule has 0 aromatic heterocycles. The summed E-state index contributed by atoms with van der Waals surface area (Å²) in [5.74, 6) is 1.37. The molecule has 7 heteroatoms. The smallest absolute Gasteiger partial charge is 0.242 e. The lowest BCUT2D eigenvalue weighted by Crippen LogP contribution is -2.50. The third-order valence-corrected chi connectivity index (χ3v) is 6.65. The Morgan fingerprint density at radius 3 is 2.35 bits per heavy atom. The van der Waals surface area contributed by atoms with Crippen LogP contribution < -0.4 is 10.1 Å². The zero-order valence-corrected chi connectivity index (χ0v) is 20.9. The predicted octanol–water partition coefficient (Wildman–Crippen LogP) is 4.97. The molecule has 0 heterocycles. The molecule has 5 nitrogen and oxygen atoms in total. The quantitative estimate of drug-likeness (QED) is 0.407. The molecule has 178 valence electrons. The summed E-state index contributed by atoms with van der Waals surface area (Å²) in [6.07, 6.45) is 0.429. The van der Waals surface area contributed by atoms with Crippen LogP contribution in [0.25, 0.3) is 0 Å². The van der Waals surface area contributed by atoms with Gasteiger partial charge < -0.3 is 15.0 Å². The fourth-order valence-corrected chi connectivity index (χ4v) is 4.60. The molecular weight excluding hydrogens is 468 g/mol. The molecule has 0 unspecified atom stereocenters. The van der Waals surface area contributed by atoms with Crippen LogP contribution in [-0.4, -0.2) is 42.7 Å². The summed E-state index contributed by atoms with van der Waals surface area (Å²) >= 11 is 7.49. The molecule has 0 spiro atoms. The summed E-state index contributed by atoms with van der Waals surface area (Å²) < 4.78 is 5.35. The van der Waals surface area contributed by atoms with Gasteiger partial charge in [-0.15, -0.1) is 11.8 Å². The second kappa shape index (κ2) is 13.1. The molecule has 34 heavy (non-hydrogen) atoms. The Bertz CT molecular complexity index is 1080. The lowest BCUT2D eigenvalue weighted by Gasteiger charge is -2.31. The van der Waals surface area contributed by atoms with Gasteiger partial charge in [0, 0.05) is 30.8 Å². The third-order valence-electron chi connectivity index (χ3n) is 5.41. The molecule has 1 atom stereocenters. The first-order valence-electron chi connectivity index (χ1n) is 11.0. The first-order chi connectivity index (χ1) is 16.5. The maximum Gasteiger partial charge on any atom is 0.242 e. The van der Waals surface area contributed by atoms with Crippen LogP contribution in [0.5, 0.6) is 5.75 Å². The van der Waals surface area contributed by atoms with Crippen LogP contribution in [0.3, 0.4) is 0 Å². The van der Waals surface area contributed by atoms with Crippen LogP contribution in [0.2, 0.25) is 5.02 Å². The van der Waals surface area contributed by atoms with Gasteiger partial charge in [0.15, 0.2) is 0 Å². The number of benzene rings is 3. The second-order valence-corrected chi connectivity index (χ2v) is 9.23. The highest BCUT2D eigenvalue weighted by Crippen LogP contribution is 2.21. The number of amides is 2. The summed E-state index contributed by atoms with van der Waals surface area (Å²) in [6, 6.07) is 24.3. The summed E-state index contributed by atoms with van der Waals surface area (Å²) in [6.45, 7) is 0.308. The molecule has 3 aromatic carbocycles. The first-order valence-corrected chi connectivity index (χ1v) is 12.5. The minimum atomic E-state index is -0.637. The number of rotatable bonds is 11. The molecule has 0 saturated heterocycles. The molecule has 3 rings (SSSR count). The monoisotopic (exact) mass is 496 g/mol. The van der Waals surface area contributed by atoms with Gasteiger partial charge in [-0.2, -0.15) is 0 Å². The lowest BCUT2D eigenvalue weighted by molar-refractivity contribution is -0.139. The second-order valence-electron chi connectivity index (χ2n) is 7.81. The molecular formula is C27H29ClN2O3S. The van der Waals surface area contributed by atoms with E-state index < -0.39 is 6.04 Å². The number of halogens is 1. The van der Waals surface area contributed by atoms with Crippen LogP contribution in [0.1, 0.15) is 16.7 Å². The third kappa shape index (κ3) is 7.54. The van der Waals surface area contributed by atoms with Crippen molar-refractivity contribution in [3.8, 4) is 5.75 Å². The number of carbonyl (C=O) groups is 2. The van der Waals surface area contributed by atoms with Gasteiger partial charge in [-0.25, -0.2) is 0 Å². The van der Waals surface area contributed by atoms with E-state index in [1.165, 1.54) is 11.8 Å². The molecule has 0 aliphatic rings. The van der Waals surface area contributed by atoms with E-state index in [1.807, 2.05) is 78.9 Å². The van der Waals surface area contributed by atoms with E-state index in [1.54, 1.807) is 19.1 Å². The van der Waals surface area contributed by atoms with E-state index in [9.17, 15) is 9.59 Å². The molecule has 0 saturated carbocycles. The number of thioether (sulfide) groups is 1. The van der Waals surface area contributed by atoms with Gasteiger partial charge >= 0.3 is 0 Å². The van der Waals surface area contributed by atoms with Gasteiger partial charge in [0.2, 0.25) is 11.8 Å². The average molecular weight is 497 g/mol. The normalized spacial score (nSPS) is 11.5. The van der Waals surface area contributed by atoms with Crippen molar-refractivity contribution in [3.05, 3.63) is 101 Å². The maximum absolute atomic E-state index is 13.5. The molecule has 0 aliphatic carbocycles. The molecule has 0 aliphatic heterocycles. The maximum atomic E-state index is 13.5. The predicted molar refractivity (Wildman–Crippen MR) is 139 cm³/mol. The van der Waals surface area contributed by atoms with Gasteiger partial charge in [0.05, 0.1) is 12.9 Å². The highest BCUT2D eigenvalue weighted by molar-refractivity contribution is 7.99. The lowest BCUT2D eigenvalue weighted by atomic mass is 10.0. The minimum Gasteiger partial charge on any atom is -0.497 e. The van der Waals surface area contributed by atoms with E-state index in [-0.39, 0.29) is 17.6 Å². The van der Waals surface area contributed by atoms with Crippen molar-refractivity contribution in [2.75, 3.05) is 19.9 Å². The molecule has 0 fully saturated rings. The number of methoxy groups -OCH3 is 1. The number of ether oxygens (including phenoxy) is 1. The number of hydrogen-bond acceptors (Lipinski definition) is 4. The summed E-state index contributed by atoms with van der Waals surface area (Å²) in [5.41, 5.74) is 2.99. The Morgan fingerprint density at radius 2 is 1.68 bits per heavy atom. The summed E-state index contributed by atoms with van der Waals surface area (Å²) in [4.78, 5) is 28.1. The van der Waals surface area contributed by atoms with E-state index >= 15 is 0 Å². The molecule has 2 amide bonds. The highest BCUT2D eigenvalue weighted by Gasteiger charge is 2.29. The van der Waals surface area contributed by atoms with Gasteiger partial charge in [0.25, 0.3) is 0 Å². The van der Waals surface area contributed by atoms with E-state index in [0.29, 0.717) is 29.5 Å². The van der Waals surface area contributed by atoms with Gasteiger partial charge in [-0.1, -0.05) is 66.2 Å². The SMILES string of the molecule is CNC(=O)[C@H](Cc1ccccc1)N(Cc1cccc(OC)c1)C(=O)CSCc1ccc(Cl)cc1. The highest BCUT2D eigenvalue weighted by atomic mass is 35.5. The zero-order chi connectivity index (χ0) is 24.3. The Kier molecular flexibility index (Phi) is 9.86. The molecule has 0 radical (unpaired) electrons. The summed E-state index contributed by atoms with van der Waals surface area (Å²) in [7, 11) is 3.21. The van der Waals surface area contributed by atoms with Gasteiger partial charge in [-0.05, 0) is 41.0 Å². The Morgan fingerprint density at radius 1 is 0.971 bits per heavy atom. The largest absolute Gasteiger partial charge is 0.497 e. The number of likely N-dealkylation sites (N-methyl/N-ethyl adjacent to an activating group) is 1. The number of hydrogen-bond donors (Lipinski definition) is 1. The standard InChI is InChI=1S/C27H29ClN2O3S/c1-29-27(32)25(16-20-7-4-3-5-8-20)30(17-22-9-6-10-24(15-22)33-2)26(31)19-34-18-21-11-13-23(28)14-12-21/h3-15,25H,16-19H2,1-2H3,(H,29,32)/t25-/m0/s1. The fourth-order valence-electron chi connectivity index (χ4n) is 3.61. The van der Waals surface area contributed by atoms with Gasteiger partial charge in [0.1, 0.15) is 11.8 Å². The van der Waals surface area contributed by atoms with E-state index in [2.05, 4.69) is 5.32 Å². The first kappa shape index (κ1) is 25.7. The van der Waals surface area contributed by atoms with Crippen molar-refractivity contribution in [2.24, 2.45) is 0 Å². The van der Waals surface area contributed by atoms with Crippen molar-refractivity contribution >= 4 is 35.2 Å². The van der Waals surface area contributed by atoms with E-state index in [4.69, 9.17) is 16.3 Å². The Labute approximate surface area is 210 Å². The van der Waals surface area contributed by atoms with Crippen molar-refractivity contribution < 1.29 is 14.3 Å². The number of nitrogens with one attached hydrogen (secondary N) is 1. The van der Waals surface area contributed by atoms with Gasteiger partial charge in [-0.3, -0.25) is 9.59 Å². The molecule has 3 aromatic rings. The minimum absolute atomic E-state index is 0.0914. The summed E-state index contributed by atoms with van der Waals surface area (Å²) in [5, 5.41) is 3.42. The van der Waals surface area contributed by atoms with E-state index in [0.717, 1.165) is 16.7 Å². The van der Waals surface area contributed by atoms with Crippen molar-refractivity contribution in [1.82, 2.24) is 10.2 Å². The van der Waals surface area contributed by atoms with Crippen LogP contribution in [-0.2, 0) is 28.3 Å². The van der Waals surface area contributed by atoms with Crippen molar-refractivity contribution in [2.45, 2.75) is 24.8 Å². The van der Waals surface area contributed by atoms with Crippen LogP contribution in [0.15, 0.2) is 78.9 Å². The number of nitrogens with zero attached hydrogens (tertiary/aromatic N) is 1.